The highest BCUT2D eigenvalue weighted by Gasteiger charge is 2.26. The summed E-state index contributed by atoms with van der Waals surface area (Å²) in [5.41, 5.74) is 1.54. The van der Waals surface area contributed by atoms with E-state index in [2.05, 4.69) is 71.2 Å². The molecular formula is C15H23BrN2. The van der Waals surface area contributed by atoms with Crippen LogP contribution in [0.5, 0.6) is 0 Å². The molecule has 1 aromatic carbocycles. The van der Waals surface area contributed by atoms with E-state index in [-0.39, 0.29) is 0 Å². The molecule has 1 aliphatic heterocycles. The summed E-state index contributed by atoms with van der Waals surface area (Å²) in [4.78, 5) is 2.58. The number of nitrogens with zero attached hydrogens (tertiary/aromatic N) is 1. The lowest BCUT2D eigenvalue weighted by atomic mass is 9.98. The van der Waals surface area contributed by atoms with Crippen LogP contribution in [-0.4, -0.2) is 29.6 Å². The second-order valence-electron chi connectivity index (χ2n) is 6.08. The van der Waals surface area contributed by atoms with Crippen molar-refractivity contribution in [1.82, 2.24) is 4.90 Å². The van der Waals surface area contributed by atoms with Crippen LogP contribution in [0.15, 0.2) is 28.7 Å². The SMILES string of the molecule is CC(C)(C)N1CCC(Nc2ccc(Br)cc2)CC1. The van der Waals surface area contributed by atoms with Crippen molar-refractivity contribution < 1.29 is 0 Å². The van der Waals surface area contributed by atoms with E-state index < -0.39 is 0 Å². The van der Waals surface area contributed by atoms with E-state index >= 15 is 0 Å². The van der Waals surface area contributed by atoms with E-state index in [0.29, 0.717) is 11.6 Å². The molecule has 0 saturated carbocycles. The van der Waals surface area contributed by atoms with E-state index in [9.17, 15) is 0 Å². The summed E-state index contributed by atoms with van der Waals surface area (Å²) >= 11 is 3.47. The maximum absolute atomic E-state index is 3.63. The molecule has 2 rings (SSSR count). The fourth-order valence-corrected chi connectivity index (χ4v) is 2.74. The number of hydrogen-bond acceptors (Lipinski definition) is 2. The van der Waals surface area contributed by atoms with Crippen LogP contribution in [0, 0.1) is 0 Å². The zero-order valence-electron chi connectivity index (χ0n) is 11.5. The number of rotatable bonds is 2. The van der Waals surface area contributed by atoms with Gasteiger partial charge in [-0.05, 0) is 57.9 Å². The zero-order chi connectivity index (χ0) is 13.2. The molecule has 1 heterocycles. The summed E-state index contributed by atoms with van der Waals surface area (Å²) in [5.74, 6) is 0. The van der Waals surface area contributed by atoms with Gasteiger partial charge in [0, 0.05) is 34.8 Å². The minimum atomic E-state index is 0.308. The molecule has 1 aromatic rings. The first-order valence-corrected chi connectivity index (χ1v) is 7.51. The number of benzene rings is 1. The molecule has 1 aliphatic rings. The van der Waals surface area contributed by atoms with Gasteiger partial charge in [0.2, 0.25) is 0 Å². The fraction of sp³-hybridized carbons (Fsp3) is 0.600. The van der Waals surface area contributed by atoms with Gasteiger partial charge >= 0.3 is 0 Å². The predicted molar refractivity (Wildman–Crippen MR) is 82.1 cm³/mol. The third kappa shape index (κ3) is 3.72. The van der Waals surface area contributed by atoms with Crippen molar-refractivity contribution in [2.24, 2.45) is 0 Å². The Kier molecular flexibility index (Phi) is 4.33. The van der Waals surface area contributed by atoms with Gasteiger partial charge in [-0.3, -0.25) is 4.90 Å². The third-order valence-corrected chi connectivity index (χ3v) is 4.19. The van der Waals surface area contributed by atoms with Gasteiger partial charge in [-0.15, -0.1) is 0 Å². The molecule has 1 saturated heterocycles. The second-order valence-corrected chi connectivity index (χ2v) is 7.00. The Hall–Kier alpha value is -0.540. The highest BCUT2D eigenvalue weighted by Crippen LogP contribution is 2.23. The highest BCUT2D eigenvalue weighted by atomic mass is 79.9. The average molecular weight is 311 g/mol. The van der Waals surface area contributed by atoms with Crippen LogP contribution < -0.4 is 5.32 Å². The van der Waals surface area contributed by atoms with Crippen LogP contribution in [-0.2, 0) is 0 Å². The molecule has 100 valence electrons. The quantitative estimate of drug-likeness (QED) is 0.883. The van der Waals surface area contributed by atoms with Gasteiger partial charge in [-0.2, -0.15) is 0 Å². The van der Waals surface area contributed by atoms with Crippen molar-refractivity contribution in [3.63, 3.8) is 0 Å². The van der Waals surface area contributed by atoms with Crippen LogP contribution in [0.3, 0.4) is 0 Å². The van der Waals surface area contributed by atoms with Crippen molar-refractivity contribution in [2.45, 2.75) is 45.2 Å². The summed E-state index contributed by atoms with van der Waals surface area (Å²) in [5, 5.41) is 3.63. The summed E-state index contributed by atoms with van der Waals surface area (Å²) in [6, 6.07) is 9.07. The molecule has 2 nitrogen and oxygen atoms in total. The largest absolute Gasteiger partial charge is 0.382 e. The Balaban J connectivity index is 1.85. The molecule has 0 aliphatic carbocycles. The lowest BCUT2D eigenvalue weighted by Gasteiger charge is -2.41. The van der Waals surface area contributed by atoms with Gasteiger partial charge in [0.05, 0.1) is 0 Å². The maximum Gasteiger partial charge on any atom is 0.0343 e. The Labute approximate surface area is 119 Å². The molecule has 0 atom stereocenters. The summed E-state index contributed by atoms with van der Waals surface area (Å²) in [7, 11) is 0. The number of halogens is 1. The third-order valence-electron chi connectivity index (χ3n) is 3.66. The normalized spacial score (nSPS) is 18.9. The average Bonchev–Trinajstić information content (AvgIpc) is 2.32. The predicted octanol–water partition coefficient (Wildman–Crippen LogP) is 4.12. The lowest BCUT2D eigenvalue weighted by molar-refractivity contribution is 0.106. The van der Waals surface area contributed by atoms with E-state index in [4.69, 9.17) is 0 Å². The number of nitrogens with one attached hydrogen (secondary N) is 1. The summed E-state index contributed by atoms with van der Waals surface area (Å²) < 4.78 is 1.13. The summed E-state index contributed by atoms with van der Waals surface area (Å²) in [6.07, 6.45) is 2.46. The van der Waals surface area contributed by atoms with Gasteiger partial charge in [0.1, 0.15) is 0 Å². The standard InChI is InChI=1S/C15H23BrN2/c1-15(2,3)18-10-8-14(9-11-18)17-13-6-4-12(16)5-7-13/h4-7,14,17H,8-11H2,1-3H3. The molecular weight excluding hydrogens is 288 g/mol. The fourth-order valence-electron chi connectivity index (χ4n) is 2.48. The van der Waals surface area contributed by atoms with Gasteiger partial charge in [0.25, 0.3) is 0 Å². The molecule has 1 fully saturated rings. The van der Waals surface area contributed by atoms with Gasteiger partial charge in [-0.1, -0.05) is 15.9 Å². The lowest BCUT2D eigenvalue weighted by Crippen LogP contribution is -2.48. The van der Waals surface area contributed by atoms with Crippen molar-refractivity contribution in [1.29, 1.82) is 0 Å². The van der Waals surface area contributed by atoms with Crippen LogP contribution in [0.25, 0.3) is 0 Å². The topological polar surface area (TPSA) is 15.3 Å². The molecule has 0 bridgehead atoms. The van der Waals surface area contributed by atoms with Crippen LogP contribution in [0.2, 0.25) is 0 Å². The van der Waals surface area contributed by atoms with Crippen molar-refractivity contribution in [3.05, 3.63) is 28.7 Å². The number of anilines is 1. The number of hydrogen-bond donors (Lipinski definition) is 1. The first-order valence-electron chi connectivity index (χ1n) is 6.72. The van der Waals surface area contributed by atoms with Crippen molar-refractivity contribution in [2.75, 3.05) is 18.4 Å². The van der Waals surface area contributed by atoms with E-state index in [1.807, 2.05) is 0 Å². The van der Waals surface area contributed by atoms with Crippen molar-refractivity contribution in [3.8, 4) is 0 Å². The van der Waals surface area contributed by atoms with Gasteiger partial charge in [0.15, 0.2) is 0 Å². The molecule has 1 N–H and O–H groups in total. The number of likely N-dealkylation sites (tertiary alicyclic amines) is 1. The van der Waals surface area contributed by atoms with Crippen LogP contribution in [0.1, 0.15) is 33.6 Å². The molecule has 0 aromatic heterocycles. The summed E-state index contributed by atoms with van der Waals surface area (Å²) in [6.45, 7) is 9.29. The maximum atomic E-state index is 3.63. The molecule has 18 heavy (non-hydrogen) atoms. The molecule has 0 spiro atoms. The zero-order valence-corrected chi connectivity index (χ0v) is 13.1. The van der Waals surface area contributed by atoms with Gasteiger partial charge < -0.3 is 5.32 Å². The highest BCUT2D eigenvalue weighted by molar-refractivity contribution is 9.10. The smallest absolute Gasteiger partial charge is 0.0343 e. The Morgan fingerprint density at radius 2 is 1.67 bits per heavy atom. The van der Waals surface area contributed by atoms with E-state index in [1.54, 1.807) is 0 Å². The monoisotopic (exact) mass is 310 g/mol. The first-order chi connectivity index (χ1) is 8.45. The minimum Gasteiger partial charge on any atom is -0.382 e. The molecule has 0 unspecified atom stereocenters. The second kappa shape index (κ2) is 5.62. The van der Waals surface area contributed by atoms with Crippen LogP contribution >= 0.6 is 15.9 Å². The van der Waals surface area contributed by atoms with Crippen LogP contribution in [0.4, 0.5) is 5.69 Å². The van der Waals surface area contributed by atoms with Crippen molar-refractivity contribution >= 4 is 21.6 Å². The Bertz CT molecular complexity index is 372. The first kappa shape index (κ1) is 13.9. The number of piperidine rings is 1. The molecule has 0 amide bonds. The van der Waals surface area contributed by atoms with E-state index in [1.165, 1.54) is 31.6 Å². The van der Waals surface area contributed by atoms with E-state index in [0.717, 1.165) is 4.47 Å². The minimum absolute atomic E-state index is 0.308. The Morgan fingerprint density at radius 1 is 1.11 bits per heavy atom. The molecule has 0 radical (unpaired) electrons. The Morgan fingerprint density at radius 3 is 2.17 bits per heavy atom. The molecule has 3 heteroatoms. The van der Waals surface area contributed by atoms with Gasteiger partial charge in [-0.25, -0.2) is 0 Å².